The third-order valence-corrected chi connectivity index (χ3v) is 6.80. The van der Waals surface area contributed by atoms with E-state index in [1.165, 1.54) is 12.1 Å². The molecule has 0 aliphatic carbocycles. The van der Waals surface area contributed by atoms with Gasteiger partial charge in [-0.1, -0.05) is 0 Å². The molecular formula is C24H22F5N3O5. The molecule has 1 unspecified atom stereocenters. The van der Waals surface area contributed by atoms with Crippen LogP contribution >= 0.6 is 0 Å². The van der Waals surface area contributed by atoms with Crippen LogP contribution in [0.4, 0.5) is 27.6 Å². The third kappa shape index (κ3) is 4.29. The zero-order valence-corrected chi connectivity index (χ0v) is 19.2. The van der Waals surface area contributed by atoms with Crippen LogP contribution in [0.5, 0.6) is 5.88 Å². The summed E-state index contributed by atoms with van der Waals surface area (Å²) in [7, 11) is 0. The van der Waals surface area contributed by atoms with Crippen LogP contribution in [-0.4, -0.2) is 79.0 Å². The van der Waals surface area contributed by atoms with Crippen molar-refractivity contribution in [1.82, 2.24) is 9.97 Å². The summed E-state index contributed by atoms with van der Waals surface area (Å²) in [4.78, 5) is 8.33. The zero-order valence-electron chi connectivity index (χ0n) is 19.2. The third-order valence-electron chi connectivity index (χ3n) is 6.80. The second kappa shape index (κ2) is 9.08. The molecule has 8 nitrogen and oxygen atoms in total. The van der Waals surface area contributed by atoms with Gasteiger partial charge in [0, 0.05) is 18.8 Å². The Balaban J connectivity index is 1.37. The van der Waals surface area contributed by atoms with Crippen LogP contribution in [0.15, 0.2) is 24.3 Å². The summed E-state index contributed by atoms with van der Waals surface area (Å²) in [5, 5.41) is 9.88. The van der Waals surface area contributed by atoms with E-state index in [-0.39, 0.29) is 24.4 Å². The topological polar surface area (TPSA) is 89.1 Å². The van der Waals surface area contributed by atoms with Crippen LogP contribution in [0.3, 0.4) is 0 Å². The summed E-state index contributed by atoms with van der Waals surface area (Å²) in [6, 6.07) is 4.78. The number of nitrogens with zero attached hydrogens (tertiary/aromatic N) is 2. The molecule has 3 aliphatic heterocycles. The highest BCUT2D eigenvalue weighted by Crippen LogP contribution is 2.43. The van der Waals surface area contributed by atoms with Crippen LogP contribution < -0.4 is 9.64 Å². The first-order valence-corrected chi connectivity index (χ1v) is 11.7. The first-order valence-electron chi connectivity index (χ1n) is 11.7. The minimum absolute atomic E-state index is 0.0135. The van der Waals surface area contributed by atoms with Crippen molar-refractivity contribution in [2.45, 2.75) is 30.6 Å². The Kier molecular flexibility index (Phi) is 5.97. The monoisotopic (exact) mass is 527 g/mol. The van der Waals surface area contributed by atoms with Crippen molar-refractivity contribution in [3.63, 3.8) is 0 Å². The molecule has 5 heterocycles. The van der Waals surface area contributed by atoms with Gasteiger partial charge in [-0.15, -0.1) is 0 Å². The number of hydrogen-bond acceptors (Lipinski definition) is 7. The van der Waals surface area contributed by atoms with E-state index in [0.717, 1.165) is 12.1 Å². The molecule has 0 bridgehead atoms. The molecule has 4 atom stereocenters. The van der Waals surface area contributed by atoms with Crippen molar-refractivity contribution < 1.29 is 46.0 Å². The molecule has 2 aromatic heterocycles. The number of ether oxygens (including phenoxy) is 4. The predicted octanol–water partition coefficient (Wildman–Crippen LogP) is 3.27. The van der Waals surface area contributed by atoms with Gasteiger partial charge in [0.25, 0.3) is 0 Å². The molecule has 0 radical (unpaired) electrons. The number of pyridine rings is 1. The molecule has 3 saturated heterocycles. The number of aromatic nitrogens is 2. The maximum atomic E-state index is 15.1. The number of morpholine rings is 1. The highest BCUT2D eigenvalue weighted by Gasteiger charge is 2.49. The summed E-state index contributed by atoms with van der Waals surface area (Å²) in [5.74, 6) is -2.50. The van der Waals surface area contributed by atoms with E-state index in [1.54, 1.807) is 4.90 Å². The fourth-order valence-corrected chi connectivity index (χ4v) is 5.04. The van der Waals surface area contributed by atoms with Gasteiger partial charge in [0.2, 0.25) is 5.88 Å². The van der Waals surface area contributed by atoms with Crippen LogP contribution in [0.2, 0.25) is 0 Å². The number of aromatic amines is 1. The van der Waals surface area contributed by atoms with Gasteiger partial charge in [-0.2, -0.15) is 13.2 Å². The highest BCUT2D eigenvalue weighted by molar-refractivity contribution is 5.85. The van der Waals surface area contributed by atoms with E-state index in [9.17, 15) is 18.3 Å². The van der Waals surface area contributed by atoms with Crippen LogP contribution in [-0.2, 0) is 20.4 Å². The van der Waals surface area contributed by atoms with Crippen molar-refractivity contribution in [2.24, 2.45) is 0 Å². The number of benzene rings is 1. The van der Waals surface area contributed by atoms with Gasteiger partial charge in [0.05, 0.1) is 43.2 Å². The van der Waals surface area contributed by atoms with Gasteiger partial charge in [0.15, 0.2) is 6.10 Å². The number of hydrogen-bond donors (Lipinski definition) is 2. The minimum Gasteiger partial charge on any atom is -0.470 e. The lowest BCUT2D eigenvalue weighted by Gasteiger charge is -2.29. The first-order chi connectivity index (χ1) is 17.7. The Hall–Kier alpha value is -3.00. The lowest BCUT2D eigenvalue weighted by atomic mass is 10.1. The van der Waals surface area contributed by atoms with E-state index in [0.29, 0.717) is 32.0 Å². The quantitative estimate of drug-likeness (QED) is 0.504. The number of fused-ring (bicyclic) bond motifs is 2. The molecule has 198 valence electrons. The maximum absolute atomic E-state index is 15.1. The molecule has 0 spiro atoms. The van der Waals surface area contributed by atoms with Gasteiger partial charge < -0.3 is 33.9 Å². The summed E-state index contributed by atoms with van der Waals surface area (Å²) in [6.45, 7) is 1.66. The van der Waals surface area contributed by atoms with E-state index in [2.05, 4.69) is 9.97 Å². The smallest absolute Gasteiger partial charge is 0.423 e. The Bertz CT molecular complexity index is 1300. The Morgan fingerprint density at radius 1 is 1.03 bits per heavy atom. The fraction of sp³-hybridized carbons (Fsp3) is 0.458. The molecular weight excluding hydrogens is 505 g/mol. The summed E-state index contributed by atoms with van der Waals surface area (Å²) >= 11 is 0. The number of anilines is 1. The van der Waals surface area contributed by atoms with Crippen molar-refractivity contribution in [3.8, 4) is 17.1 Å². The molecule has 2 N–H and O–H groups in total. The first kappa shape index (κ1) is 24.3. The average molecular weight is 527 g/mol. The number of alkyl halides is 3. The standard InChI is InChI=1S/C24H22F5N3O5/c25-12-7-11(32-3-5-34-6-4-32)8-13(26)18(12)14-1-2-15-20(30-14)19(24(27,28)29)23(31-15)37-17-10-36-21-16(33)9-35-22(17)21/h1-2,7-8,16-17,21-22,31,33H,3-6,9-10H2/t16-,17-,21?,22-/m1/s1. The maximum Gasteiger partial charge on any atom is 0.423 e. The molecule has 37 heavy (non-hydrogen) atoms. The molecule has 0 amide bonds. The minimum atomic E-state index is -4.90. The van der Waals surface area contributed by atoms with Gasteiger partial charge in [-0.25, -0.2) is 13.8 Å². The second-order valence-electron chi connectivity index (χ2n) is 9.12. The van der Waals surface area contributed by atoms with Crippen molar-refractivity contribution in [1.29, 1.82) is 0 Å². The van der Waals surface area contributed by atoms with E-state index >= 15 is 8.78 Å². The highest BCUT2D eigenvalue weighted by atomic mass is 19.4. The summed E-state index contributed by atoms with van der Waals surface area (Å²) in [6.07, 6.45) is -8.13. The zero-order chi connectivity index (χ0) is 25.9. The molecule has 3 aliphatic rings. The number of halogens is 5. The van der Waals surface area contributed by atoms with Gasteiger partial charge >= 0.3 is 6.18 Å². The summed E-state index contributed by atoms with van der Waals surface area (Å²) in [5.41, 5.74) is -2.29. The van der Waals surface area contributed by atoms with Crippen LogP contribution in [0.25, 0.3) is 22.3 Å². The molecule has 1 aromatic carbocycles. The average Bonchev–Trinajstić information content (AvgIpc) is 3.53. The van der Waals surface area contributed by atoms with E-state index in [1.807, 2.05) is 0 Å². The lowest BCUT2D eigenvalue weighted by molar-refractivity contribution is -0.138. The molecule has 0 saturated carbocycles. The van der Waals surface area contributed by atoms with Crippen molar-refractivity contribution >= 4 is 16.7 Å². The number of H-pyrrole nitrogens is 1. The number of aliphatic hydroxyl groups is 1. The van der Waals surface area contributed by atoms with Gasteiger partial charge in [-0.05, 0) is 24.3 Å². The van der Waals surface area contributed by atoms with Gasteiger partial charge in [-0.3, -0.25) is 0 Å². The molecule has 13 heteroatoms. The number of aliphatic hydroxyl groups excluding tert-OH is 1. The largest absolute Gasteiger partial charge is 0.470 e. The van der Waals surface area contributed by atoms with E-state index in [4.69, 9.17) is 18.9 Å². The summed E-state index contributed by atoms with van der Waals surface area (Å²) < 4.78 is 94.4. The normalized spacial score (nSPS) is 26.2. The SMILES string of the molecule is O[C@@H]1CO[C@H]2C1OC[C@H]2Oc1[nH]c2ccc(-c3c(F)cc(N4CCOCC4)cc3F)nc2c1C(F)(F)F. The number of nitrogens with one attached hydrogen (secondary N) is 1. The predicted molar refractivity (Wildman–Crippen MR) is 119 cm³/mol. The molecule has 3 aromatic rings. The fourth-order valence-electron chi connectivity index (χ4n) is 5.04. The number of rotatable bonds is 4. The second-order valence-corrected chi connectivity index (χ2v) is 9.12. The Morgan fingerprint density at radius 2 is 1.73 bits per heavy atom. The van der Waals surface area contributed by atoms with Crippen molar-refractivity contribution in [2.75, 3.05) is 44.4 Å². The molecule has 3 fully saturated rings. The Morgan fingerprint density at radius 3 is 2.43 bits per heavy atom. The van der Waals surface area contributed by atoms with Crippen LogP contribution in [0, 0.1) is 11.6 Å². The van der Waals surface area contributed by atoms with Crippen molar-refractivity contribution in [3.05, 3.63) is 41.5 Å². The lowest BCUT2D eigenvalue weighted by Crippen LogP contribution is -2.36. The van der Waals surface area contributed by atoms with Gasteiger partial charge in [0.1, 0.15) is 41.0 Å². The molecule has 6 rings (SSSR count). The Labute approximate surface area is 206 Å². The van der Waals surface area contributed by atoms with Crippen LogP contribution in [0.1, 0.15) is 5.56 Å². The van der Waals surface area contributed by atoms with E-state index < -0.39 is 64.8 Å².